The summed E-state index contributed by atoms with van der Waals surface area (Å²) in [6, 6.07) is 6.22. The smallest absolute Gasteiger partial charge is 0.410 e. The monoisotopic (exact) mass is 860 g/mol. The zero-order chi connectivity index (χ0) is 40.8. The lowest BCUT2D eigenvalue weighted by Gasteiger charge is -2.37. The first-order chi connectivity index (χ1) is 27.1. The van der Waals surface area contributed by atoms with E-state index in [1.54, 1.807) is 11.0 Å². The lowest BCUT2D eigenvalue weighted by Crippen LogP contribution is -2.52. The van der Waals surface area contributed by atoms with Crippen molar-refractivity contribution in [3.63, 3.8) is 0 Å². The number of carbonyl (C=O) groups excluding carboxylic acids is 7. The van der Waals surface area contributed by atoms with Gasteiger partial charge in [0, 0.05) is 89.7 Å². The molecule has 19 heteroatoms. The van der Waals surface area contributed by atoms with E-state index in [0.717, 1.165) is 48.7 Å². The number of hydrogen-bond acceptors (Lipinski definition) is 11. The van der Waals surface area contributed by atoms with E-state index < -0.39 is 29.5 Å². The van der Waals surface area contributed by atoms with Crippen molar-refractivity contribution in [2.24, 2.45) is 0 Å². The van der Waals surface area contributed by atoms with E-state index in [9.17, 15) is 33.6 Å². The lowest BCUT2D eigenvalue weighted by atomic mass is 10.0. The zero-order valence-corrected chi connectivity index (χ0v) is 34.9. The number of rotatable bonds is 4. The van der Waals surface area contributed by atoms with Gasteiger partial charge in [0.15, 0.2) is 0 Å². The van der Waals surface area contributed by atoms with Crippen LogP contribution in [0.3, 0.4) is 0 Å². The predicted octanol–water partition coefficient (Wildman–Crippen LogP) is 3.09. The Morgan fingerprint density at radius 3 is 1.52 bits per heavy atom. The Kier molecular flexibility index (Phi) is 12.8. The second-order valence-corrected chi connectivity index (χ2v) is 16.7. The Labute approximate surface area is 352 Å². The van der Waals surface area contributed by atoms with Crippen LogP contribution in [0.2, 0.25) is 10.0 Å². The Morgan fingerprint density at radius 2 is 1.10 bits per heavy atom. The summed E-state index contributed by atoms with van der Waals surface area (Å²) in [4.78, 5) is 94.3. The van der Waals surface area contributed by atoms with Crippen LogP contribution in [-0.4, -0.2) is 126 Å². The predicted molar refractivity (Wildman–Crippen MR) is 217 cm³/mol. The van der Waals surface area contributed by atoms with E-state index in [2.05, 4.69) is 25.8 Å². The van der Waals surface area contributed by atoms with Gasteiger partial charge in [-0.1, -0.05) is 23.2 Å². The van der Waals surface area contributed by atoms with Crippen LogP contribution in [0.4, 0.5) is 16.2 Å². The maximum absolute atomic E-state index is 13.0. The highest BCUT2D eigenvalue weighted by Gasteiger charge is 2.42. The molecule has 58 heavy (non-hydrogen) atoms. The van der Waals surface area contributed by atoms with E-state index in [-0.39, 0.29) is 61.5 Å². The van der Waals surface area contributed by atoms with Gasteiger partial charge in [0.1, 0.15) is 17.7 Å². The fourth-order valence-electron chi connectivity index (χ4n) is 8.05. The van der Waals surface area contributed by atoms with Crippen molar-refractivity contribution in [2.75, 3.05) is 62.2 Å². The zero-order valence-electron chi connectivity index (χ0n) is 32.5. The summed E-state index contributed by atoms with van der Waals surface area (Å²) in [6.07, 6.45) is 0.789. The third kappa shape index (κ3) is 8.99. The number of anilines is 2. The number of nitrogens with zero attached hydrogens (tertiary/aromatic N) is 5. The van der Waals surface area contributed by atoms with Gasteiger partial charge in [0.2, 0.25) is 23.6 Å². The largest absolute Gasteiger partial charge is 0.444 e. The molecule has 16 nitrogen and oxygen atoms in total. The van der Waals surface area contributed by atoms with Crippen LogP contribution in [0.25, 0.3) is 0 Å². The minimum absolute atomic E-state index is 0. The first kappa shape index (κ1) is 43.0. The van der Waals surface area contributed by atoms with Crippen LogP contribution in [-0.2, 0) is 37.0 Å². The van der Waals surface area contributed by atoms with Gasteiger partial charge in [0.25, 0.3) is 11.8 Å². The molecule has 8 rings (SSSR count). The average molecular weight is 862 g/mol. The molecule has 7 amide bonds. The van der Waals surface area contributed by atoms with E-state index in [1.165, 1.54) is 9.80 Å². The quantitative estimate of drug-likeness (QED) is 0.385. The van der Waals surface area contributed by atoms with Crippen molar-refractivity contribution in [1.82, 2.24) is 30.7 Å². The minimum Gasteiger partial charge on any atom is -0.444 e. The van der Waals surface area contributed by atoms with E-state index >= 15 is 0 Å². The number of imide groups is 2. The number of amides is 7. The SMILES string of the molecule is CC(C)(C)OC(=O)N1CCN(c2cc(Cl)c3c(c2)CN(C2CCC(=O)NC2=O)C3=O)CC1.Cl.O=C1CCC(N2Cc3cc(N4CCNCC4)cc(Cl)c3C2=O)C(=O)N1. The molecule has 2 aromatic rings. The van der Waals surface area contributed by atoms with Gasteiger partial charge in [-0.15, -0.1) is 12.4 Å². The number of hydrogen-bond donors (Lipinski definition) is 3. The summed E-state index contributed by atoms with van der Waals surface area (Å²) >= 11 is 12.9. The van der Waals surface area contributed by atoms with Crippen molar-refractivity contribution >= 4 is 88.5 Å². The summed E-state index contributed by atoms with van der Waals surface area (Å²) in [5.74, 6) is -1.99. The van der Waals surface area contributed by atoms with Crippen LogP contribution in [0.5, 0.6) is 0 Å². The molecule has 0 saturated carbocycles. The highest BCUT2D eigenvalue weighted by molar-refractivity contribution is 6.35. The minimum atomic E-state index is -0.676. The molecule has 6 heterocycles. The van der Waals surface area contributed by atoms with Gasteiger partial charge in [-0.3, -0.25) is 39.4 Å². The maximum Gasteiger partial charge on any atom is 0.410 e. The number of piperazine rings is 2. The molecular weight excluding hydrogens is 815 g/mol. The summed E-state index contributed by atoms with van der Waals surface area (Å²) in [7, 11) is 0. The van der Waals surface area contributed by atoms with Crippen LogP contribution in [0.15, 0.2) is 24.3 Å². The van der Waals surface area contributed by atoms with Gasteiger partial charge in [0.05, 0.1) is 21.2 Å². The lowest BCUT2D eigenvalue weighted by molar-refractivity contribution is -0.138. The molecule has 6 aliphatic rings. The Morgan fingerprint density at radius 1 is 0.672 bits per heavy atom. The van der Waals surface area contributed by atoms with Crippen molar-refractivity contribution in [3.05, 3.63) is 56.6 Å². The van der Waals surface area contributed by atoms with Gasteiger partial charge >= 0.3 is 6.09 Å². The Hall–Kier alpha value is -4.64. The maximum atomic E-state index is 13.0. The highest BCUT2D eigenvalue weighted by Crippen LogP contribution is 2.37. The number of ether oxygens (including phenoxy) is 1. The van der Waals surface area contributed by atoms with Gasteiger partial charge in [-0.25, -0.2) is 4.79 Å². The third-order valence-electron chi connectivity index (χ3n) is 10.9. The molecule has 0 aliphatic carbocycles. The van der Waals surface area contributed by atoms with E-state index in [4.69, 9.17) is 27.9 Å². The van der Waals surface area contributed by atoms with Crippen molar-refractivity contribution in [2.45, 2.75) is 77.2 Å². The third-order valence-corrected chi connectivity index (χ3v) is 11.5. The number of piperidine rings is 2. The normalized spacial score (nSPS) is 22.1. The second-order valence-electron chi connectivity index (χ2n) is 15.9. The molecule has 2 atom stereocenters. The number of nitrogens with one attached hydrogen (secondary N) is 3. The molecule has 0 spiro atoms. The van der Waals surface area contributed by atoms with Gasteiger partial charge < -0.3 is 34.6 Å². The molecule has 2 aromatic carbocycles. The molecule has 0 bridgehead atoms. The Bertz CT molecular complexity index is 2030. The average Bonchev–Trinajstić information content (AvgIpc) is 3.67. The molecule has 0 aromatic heterocycles. The first-order valence-corrected chi connectivity index (χ1v) is 20.0. The molecule has 2 unspecified atom stereocenters. The Balaban J connectivity index is 0.000000198. The highest BCUT2D eigenvalue weighted by atomic mass is 35.5. The van der Waals surface area contributed by atoms with E-state index in [0.29, 0.717) is 66.7 Å². The second kappa shape index (κ2) is 17.3. The standard InChI is InChI=1S/C22H27ClN4O5.C17H19ClN4O3.ClH/c1-22(2,3)32-21(31)26-8-6-25(7-9-26)14-10-13-12-27(20(30)18(13)15(23)11-14)16-4-5-17(28)24-19(16)29;18-12-8-11(21-5-3-19-4-6-21)7-10-9-22(17(25)15(10)12)13-1-2-14(23)20-16(13)24;/h10-11,16H,4-9,12H2,1-3H3,(H,24,28,29);7-8,13,19H,1-6,9H2,(H,20,23,24);1H. The topological polar surface area (TPSA) is 181 Å². The van der Waals surface area contributed by atoms with Gasteiger partial charge in [-0.05, 0) is 69.0 Å². The van der Waals surface area contributed by atoms with Crippen LogP contribution in [0, 0.1) is 0 Å². The van der Waals surface area contributed by atoms with Crippen molar-refractivity contribution in [3.8, 4) is 0 Å². The number of halogens is 3. The number of benzene rings is 2. The molecule has 3 N–H and O–H groups in total. The fourth-order valence-corrected chi connectivity index (χ4v) is 8.67. The van der Waals surface area contributed by atoms with Crippen molar-refractivity contribution < 1.29 is 38.3 Å². The summed E-state index contributed by atoms with van der Waals surface area (Å²) in [5, 5.41) is 8.68. The first-order valence-electron chi connectivity index (χ1n) is 19.2. The van der Waals surface area contributed by atoms with Gasteiger partial charge in [-0.2, -0.15) is 0 Å². The van der Waals surface area contributed by atoms with Crippen LogP contribution < -0.4 is 25.8 Å². The number of carbonyl (C=O) groups is 7. The molecule has 4 fully saturated rings. The fraction of sp³-hybridized carbons (Fsp3) is 0.513. The van der Waals surface area contributed by atoms with Crippen LogP contribution >= 0.6 is 35.6 Å². The van der Waals surface area contributed by atoms with Crippen LogP contribution in [0.1, 0.15) is 78.3 Å². The molecule has 4 saturated heterocycles. The summed E-state index contributed by atoms with van der Waals surface area (Å²) in [6.45, 7) is 12.0. The molecular formula is C39H47Cl3N8O8. The number of fused-ring (bicyclic) bond motifs is 2. The molecule has 312 valence electrons. The summed E-state index contributed by atoms with van der Waals surface area (Å²) in [5.41, 5.74) is 3.83. The van der Waals surface area contributed by atoms with E-state index in [1.807, 2.05) is 39.0 Å². The van der Waals surface area contributed by atoms with Crippen molar-refractivity contribution in [1.29, 1.82) is 0 Å². The molecule has 6 aliphatic heterocycles. The molecule has 0 radical (unpaired) electrons. The summed E-state index contributed by atoms with van der Waals surface area (Å²) < 4.78 is 5.44.